The normalized spacial score (nSPS) is 18.4. The SMILES string of the molecule is Cc1ccc(NC2CCN(C(=O)c3cc(C=C4OC(=O)c5ccccc54)ccc3F)C2)cc1. The standard InChI is InChI=1S/C27H23FN2O3/c1-17-6-9-19(10-7-17)29-20-12-13-30(16-20)26(31)23-14-18(8-11-24(23)28)15-25-21-4-2-3-5-22(21)27(32)33-25/h2-11,14-15,20,29H,12-13,16H2,1H3. The average molecular weight is 442 g/mol. The van der Waals surface area contributed by atoms with E-state index in [2.05, 4.69) is 5.32 Å². The lowest BCUT2D eigenvalue weighted by Gasteiger charge is -2.18. The van der Waals surface area contributed by atoms with Crippen LogP contribution in [0.15, 0.2) is 66.7 Å². The number of halogens is 1. The Morgan fingerprint density at radius 3 is 2.64 bits per heavy atom. The molecule has 5 rings (SSSR count). The van der Waals surface area contributed by atoms with E-state index >= 15 is 0 Å². The van der Waals surface area contributed by atoms with E-state index in [0.717, 1.165) is 12.1 Å². The molecule has 0 aromatic heterocycles. The van der Waals surface area contributed by atoms with Crippen LogP contribution in [0.3, 0.4) is 0 Å². The van der Waals surface area contributed by atoms with E-state index in [1.54, 1.807) is 35.2 Å². The van der Waals surface area contributed by atoms with Crippen molar-refractivity contribution in [2.75, 3.05) is 18.4 Å². The summed E-state index contributed by atoms with van der Waals surface area (Å²) in [6, 6.07) is 19.7. The van der Waals surface area contributed by atoms with Crippen LogP contribution in [0.4, 0.5) is 10.1 Å². The maximum atomic E-state index is 14.6. The molecule has 0 saturated carbocycles. The maximum absolute atomic E-state index is 14.6. The first-order valence-corrected chi connectivity index (χ1v) is 10.9. The van der Waals surface area contributed by atoms with Gasteiger partial charge in [0, 0.05) is 30.4 Å². The quantitative estimate of drug-likeness (QED) is 0.569. The van der Waals surface area contributed by atoms with Gasteiger partial charge in [-0.15, -0.1) is 0 Å². The first-order valence-electron chi connectivity index (χ1n) is 10.9. The minimum Gasteiger partial charge on any atom is -0.422 e. The Morgan fingerprint density at radius 1 is 1.09 bits per heavy atom. The summed E-state index contributed by atoms with van der Waals surface area (Å²) >= 11 is 0. The number of fused-ring (bicyclic) bond motifs is 1. The highest BCUT2D eigenvalue weighted by molar-refractivity contribution is 6.05. The van der Waals surface area contributed by atoms with Gasteiger partial charge in [-0.1, -0.05) is 42.0 Å². The third kappa shape index (κ3) is 4.24. The van der Waals surface area contributed by atoms with Crippen LogP contribution < -0.4 is 5.32 Å². The third-order valence-electron chi connectivity index (χ3n) is 6.03. The van der Waals surface area contributed by atoms with E-state index < -0.39 is 11.8 Å². The number of likely N-dealkylation sites (tertiary alicyclic amines) is 1. The van der Waals surface area contributed by atoms with Gasteiger partial charge in [0.15, 0.2) is 0 Å². The number of benzene rings is 3. The van der Waals surface area contributed by atoms with Crippen LogP contribution in [0.25, 0.3) is 11.8 Å². The minimum atomic E-state index is -0.569. The number of amides is 1. The fraction of sp³-hybridized carbons (Fsp3) is 0.185. The van der Waals surface area contributed by atoms with Crippen molar-refractivity contribution in [2.24, 2.45) is 0 Å². The van der Waals surface area contributed by atoms with Crippen LogP contribution in [0.1, 0.15) is 43.8 Å². The summed E-state index contributed by atoms with van der Waals surface area (Å²) in [4.78, 5) is 26.8. The number of carbonyl (C=O) groups is 2. The van der Waals surface area contributed by atoms with Crippen LogP contribution in [0.5, 0.6) is 0 Å². The molecule has 1 amide bonds. The first-order chi connectivity index (χ1) is 16.0. The summed E-state index contributed by atoms with van der Waals surface area (Å²) in [5, 5.41) is 3.45. The maximum Gasteiger partial charge on any atom is 0.344 e. The van der Waals surface area contributed by atoms with Gasteiger partial charge in [-0.25, -0.2) is 9.18 Å². The topological polar surface area (TPSA) is 58.6 Å². The minimum absolute atomic E-state index is 0.0120. The van der Waals surface area contributed by atoms with Crippen LogP contribution in [0.2, 0.25) is 0 Å². The smallest absolute Gasteiger partial charge is 0.344 e. The molecule has 0 spiro atoms. The zero-order valence-electron chi connectivity index (χ0n) is 18.2. The van der Waals surface area contributed by atoms with E-state index in [1.165, 1.54) is 17.7 Å². The van der Waals surface area contributed by atoms with Gasteiger partial charge in [-0.2, -0.15) is 0 Å². The van der Waals surface area contributed by atoms with Crippen LogP contribution in [-0.4, -0.2) is 35.9 Å². The van der Waals surface area contributed by atoms with Gasteiger partial charge in [-0.3, -0.25) is 4.79 Å². The Bertz CT molecular complexity index is 1270. The van der Waals surface area contributed by atoms with E-state index in [-0.39, 0.29) is 17.5 Å². The molecular weight excluding hydrogens is 419 g/mol. The number of ether oxygens (including phenoxy) is 1. The largest absolute Gasteiger partial charge is 0.422 e. The highest BCUT2D eigenvalue weighted by atomic mass is 19.1. The summed E-state index contributed by atoms with van der Waals surface area (Å²) in [7, 11) is 0. The van der Waals surface area contributed by atoms with Crippen LogP contribution >= 0.6 is 0 Å². The number of nitrogens with zero attached hydrogens (tertiary/aromatic N) is 1. The van der Waals surface area contributed by atoms with Gasteiger partial charge in [0.2, 0.25) is 0 Å². The van der Waals surface area contributed by atoms with Crippen molar-refractivity contribution in [3.8, 4) is 0 Å². The molecule has 3 aromatic rings. The predicted molar refractivity (Wildman–Crippen MR) is 125 cm³/mol. The molecule has 2 heterocycles. The monoisotopic (exact) mass is 442 g/mol. The lowest BCUT2D eigenvalue weighted by molar-refractivity contribution is 0.0716. The van der Waals surface area contributed by atoms with Gasteiger partial charge in [0.25, 0.3) is 5.91 Å². The molecule has 0 aliphatic carbocycles. The van der Waals surface area contributed by atoms with Crippen molar-refractivity contribution in [3.05, 3.63) is 100 Å². The molecule has 1 atom stereocenters. The number of esters is 1. The molecular formula is C27H23FN2O3. The Morgan fingerprint density at radius 2 is 1.85 bits per heavy atom. The molecule has 5 nitrogen and oxygen atoms in total. The van der Waals surface area contributed by atoms with Crippen molar-refractivity contribution in [1.82, 2.24) is 4.90 Å². The van der Waals surface area contributed by atoms with Gasteiger partial charge in [-0.05, 0) is 55.3 Å². The molecule has 166 valence electrons. The third-order valence-corrected chi connectivity index (χ3v) is 6.03. The fourth-order valence-electron chi connectivity index (χ4n) is 4.26. The van der Waals surface area contributed by atoms with E-state index in [1.807, 2.05) is 37.3 Å². The van der Waals surface area contributed by atoms with Crippen molar-refractivity contribution in [3.63, 3.8) is 0 Å². The molecule has 6 heteroatoms. The second-order valence-corrected chi connectivity index (χ2v) is 8.43. The summed E-state index contributed by atoms with van der Waals surface area (Å²) in [6.45, 7) is 3.09. The number of anilines is 1. The second-order valence-electron chi connectivity index (χ2n) is 8.43. The number of rotatable bonds is 4. The molecule has 2 aliphatic rings. The number of carbonyl (C=O) groups excluding carboxylic acids is 2. The summed E-state index contributed by atoms with van der Waals surface area (Å²) in [5.41, 5.74) is 3.97. The van der Waals surface area contributed by atoms with Crippen molar-refractivity contribution >= 4 is 29.4 Å². The van der Waals surface area contributed by atoms with Gasteiger partial charge in [0.1, 0.15) is 11.6 Å². The zero-order chi connectivity index (χ0) is 22.9. The number of hydrogen-bond donors (Lipinski definition) is 1. The number of cyclic esters (lactones) is 1. The molecule has 1 N–H and O–H groups in total. The number of hydrogen-bond acceptors (Lipinski definition) is 4. The molecule has 0 bridgehead atoms. The Kier molecular flexibility index (Phi) is 5.42. The van der Waals surface area contributed by atoms with Gasteiger partial charge in [0.05, 0.1) is 11.1 Å². The average Bonchev–Trinajstić information content (AvgIpc) is 3.41. The zero-order valence-corrected chi connectivity index (χ0v) is 18.2. The molecule has 1 fully saturated rings. The Balaban J connectivity index is 1.33. The van der Waals surface area contributed by atoms with Gasteiger partial charge >= 0.3 is 5.97 Å². The van der Waals surface area contributed by atoms with Crippen LogP contribution in [-0.2, 0) is 4.74 Å². The van der Waals surface area contributed by atoms with Crippen molar-refractivity contribution in [1.29, 1.82) is 0 Å². The Hall–Kier alpha value is -3.93. The number of aryl methyl sites for hydroxylation is 1. The molecule has 1 unspecified atom stereocenters. The van der Waals surface area contributed by atoms with E-state index in [0.29, 0.717) is 35.5 Å². The predicted octanol–water partition coefficient (Wildman–Crippen LogP) is 5.13. The summed E-state index contributed by atoms with van der Waals surface area (Å²) < 4.78 is 20.0. The lowest BCUT2D eigenvalue weighted by Crippen LogP contribution is -2.32. The second kappa shape index (κ2) is 8.54. The molecule has 3 aromatic carbocycles. The van der Waals surface area contributed by atoms with Crippen molar-refractivity contribution < 1.29 is 18.7 Å². The molecule has 33 heavy (non-hydrogen) atoms. The highest BCUT2D eigenvalue weighted by Gasteiger charge is 2.29. The van der Waals surface area contributed by atoms with Crippen LogP contribution in [0, 0.1) is 12.7 Å². The molecule has 2 aliphatic heterocycles. The Labute approximate surface area is 191 Å². The van der Waals surface area contributed by atoms with Crippen molar-refractivity contribution in [2.45, 2.75) is 19.4 Å². The molecule has 1 saturated heterocycles. The van der Waals surface area contributed by atoms with E-state index in [4.69, 9.17) is 4.74 Å². The number of nitrogens with one attached hydrogen (secondary N) is 1. The lowest BCUT2D eigenvalue weighted by atomic mass is 10.0. The summed E-state index contributed by atoms with van der Waals surface area (Å²) in [6.07, 6.45) is 2.45. The van der Waals surface area contributed by atoms with E-state index in [9.17, 15) is 14.0 Å². The first kappa shape index (κ1) is 20.9. The highest BCUT2D eigenvalue weighted by Crippen LogP contribution is 2.31. The molecule has 0 radical (unpaired) electrons. The van der Waals surface area contributed by atoms with Gasteiger partial charge < -0.3 is 15.0 Å². The fourth-order valence-corrected chi connectivity index (χ4v) is 4.26. The summed E-state index contributed by atoms with van der Waals surface area (Å²) in [5.74, 6) is -0.936.